The van der Waals surface area contributed by atoms with Crippen molar-refractivity contribution in [3.8, 4) is 0 Å². The Bertz CT molecular complexity index is 755. The third kappa shape index (κ3) is 2.24. The number of benzene rings is 1. The molecule has 0 bridgehead atoms. The molecule has 1 aliphatic rings. The molecule has 2 aromatic rings. The smallest absolute Gasteiger partial charge is 0.243 e. The standard InChI is InChI=1S/C13H14ClN3O2S/c1-10-2-3-11(8-12(10)14)20(18,19)17-7-6-16-5-4-15-13(16)9-17/h2-5,8H,6-7,9H2,1H3. The van der Waals surface area contributed by atoms with Crippen molar-refractivity contribution in [2.45, 2.75) is 24.9 Å². The van der Waals surface area contributed by atoms with Gasteiger partial charge in [0.1, 0.15) is 5.82 Å². The molecule has 0 radical (unpaired) electrons. The molecule has 0 unspecified atom stereocenters. The number of halogens is 1. The molecule has 1 aliphatic heterocycles. The molecule has 3 rings (SSSR count). The van der Waals surface area contributed by atoms with Crippen LogP contribution in [0.15, 0.2) is 35.5 Å². The summed E-state index contributed by atoms with van der Waals surface area (Å²) >= 11 is 6.02. The number of sulfonamides is 1. The third-order valence-electron chi connectivity index (χ3n) is 3.49. The largest absolute Gasteiger partial charge is 0.333 e. The molecule has 0 N–H and O–H groups in total. The molecular weight excluding hydrogens is 298 g/mol. The van der Waals surface area contributed by atoms with Gasteiger partial charge in [0, 0.05) is 30.5 Å². The minimum atomic E-state index is -3.53. The van der Waals surface area contributed by atoms with E-state index >= 15 is 0 Å². The first-order valence-electron chi connectivity index (χ1n) is 6.25. The minimum absolute atomic E-state index is 0.230. The van der Waals surface area contributed by atoms with E-state index in [1.165, 1.54) is 10.4 Å². The van der Waals surface area contributed by atoms with Gasteiger partial charge in [0.05, 0.1) is 11.4 Å². The van der Waals surface area contributed by atoms with Gasteiger partial charge in [0.25, 0.3) is 0 Å². The van der Waals surface area contributed by atoms with Crippen molar-refractivity contribution < 1.29 is 8.42 Å². The van der Waals surface area contributed by atoms with Gasteiger partial charge in [-0.05, 0) is 24.6 Å². The Balaban J connectivity index is 1.95. The lowest BCUT2D eigenvalue weighted by Gasteiger charge is -2.27. The fourth-order valence-corrected chi connectivity index (χ4v) is 3.90. The van der Waals surface area contributed by atoms with Crippen molar-refractivity contribution in [3.05, 3.63) is 47.0 Å². The van der Waals surface area contributed by atoms with E-state index in [1.54, 1.807) is 18.3 Å². The van der Waals surface area contributed by atoms with Crippen molar-refractivity contribution in [1.82, 2.24) is 13.9 Å². The van der Waals surface area contributed by atoms with Crippen LogP contribution in [-0.2, 0) is 23.1 Å². The number of aromatic nitrogens is 2. The van der Waals surface area contributed by atoms with Gasteiger partial charge in [-0.25, -0.2) is 13.4 Å². The van der Waals surface area contributed by atoms with Crippen LogP contribution in [0.2, 0.25) is 5.02 Å². The predicted molar refractivity (Wildman–Crippen MR) is 76.0 cm³/mol. The van der Waals surface area contributed by atoms with Crippen molar-refractivity contribution >= 4 is 21.6 Å². The zero-order valence-corrected chi connectivity index (χ0v) is 12.5. The highest BCUT2D eigenvalue weighted by atomic mass is 35.5. The Kier molecular flexibility index (Phi) is 3.32. The van der Waals surface area contributed by atoms with Gasteiger partial charge in [-0.3, -0.25) is 0 Å². The molecule has 1 aromatic carbocycles. The zero-order chi connectivity index (χ0) is 14.3. The summed E-state index contributed by atoms with van der Waals surface area (Å²) in [6.07, 6.45) is 3.55. The van der Waals surface area contributed by atoms with Crippen LogP contribution in [0, 0.1) is 6.92 Å². The lowest BCUT2D eigenvalue weighted by Crippen LogP contribution is -2.38. The van der Waals surface area contributed by atoms with Crippen LogP contribution >= 0.6 is 11.6 Å². The van der Waals surface area contributed by atoms with Crippen LogP contribution < -0.4 is 0 Å². The first-order valence-corrected chi connectivity index (χ1v) is 8.06. The van der Waals surface area contributed by atoms with E-state index in [0.29, 0.717) is 24.7 Å². The quantitative estimate of drug-likeness (QED) is 0.853. The second-order valence-electron chi connectivity index (χ2n) is 4.79. The maximum Gasteiger partial charge on any atom is 0.243 e. The fourth-order valence-electron chi connectivity index (χ4n) is 2.24. The summed E-state index contributed by atoms with van der Waals surface area (Å²) < 4.78 is 28.6. The average Bonchev–Trinajstić information content (AvgIpc) is 2.89. The highest BCUT2D eigenvalue weighted by Gasteiger charge is 2.29. The molecule has 0 saturated heterocycles. The molecule has 1 aromatic heterocycles. The molecule has 5 nitrogen and oxygen atoms in total. The van der Waals surface area contributed by atoms with Crippen molar-refractivity contribution in [1.29, 1.82) is 0 Å². The number of fused-ring (bicyclic) bond motifs is 1. The molecule has 0 saturated carbocycles. The van der Waals surface area contributed by atoms with Crippen molar-refractivity contribution in [2.75, 3.05) is 6.54 Å². The summed E-state index contributed by atoms with van der Waals surface area (Å²) in [4.78, 5) is 4.41. The maximum atomic E-state index is 12.6. The normalized spacial score (nSPS) is 16.1. The maximum absolute atomic E-state index is 12.6. The van der Waals surface area contributed by atoms with Crippen LogP contribution in [0.3, 0.4) is 0 Å². The lowest BCUT2D eigenvalue weighted by molar-refractivity contribution is 0.335. The van der Waals surface area contributed by atoms with Gasteiger partial charge in [-0.1, -0.05) is 17.7 Å². The summed E-state index contributed by atoms with van der Waals surface area (Å²) in [6.45, 7) is 3.20. The molecule has 106 valence electrons. The van der Waals surface area contributed by atoms with Gasteiger partial charge >= 0.3 is 0 Å². The third-order valence-corrected chi connectivity index (χ3v) is 5.74. The Hall–Kier alpha value is -1.37. The van der Waals surface area contributed by atoms with Gasteiger partial charge < -0.3 is 4.57 Å². The summed E-state index contributed by atoms with van der Waals surface area (Å²) in [6, 6.07) is 4.82. The van der Waals surface area contributed by atoms with E-state index < -0.39 is 10.0 Å². The molecular formula is C13H14ClN3O2S. The van der Waals surface area contributed by atoms with Crippen LogP contribution in [0.25, 0.3) is 0 Å². The summed E-state index contributed by atoms with van der Waals surface area (Å²) in [7, 11) is -3.53. The molecule has 0 spiro atoms. The minimum Gasteiger partial charge on any atom is -0.333 e. The number of hydrogen-bond acceptors (Lipinski definition) is 3. The number of nitrogens with zero attached hydrogens (tertiary/aromatic N) is 3. The first kappa shape index (κ1) is 13.6. The molecule has 7 heteroatoms. The van der Waals surface area contributed by atoms with Gasteiger partial charge in [-0.15, -0.1) is 0 Å². The van der Waals surface area contributed by atoms with Crippen molar-refractivity contribution in [3.63, 3.8) is 0 Å². The Morgan fingerprint density at radius 1 is 1.30 bits per heavy atom. The summed E-state index contributed by atoms with van der Waals surface area (Å²) in [5.41, 5.74) is 0.861. The van der Waals surface area contributed by atoms with Crippen LogP contribution in [-0.4, -0.2) is 28.8 Å². The average molecular weight is 312 g/mol. The van der Waals surface area contributed by atoms with E-state index in [1.807, 2.05) is 17.7 Å². The topological polar surface area (TPSA) is 55.2 Å². The first-order chi connectivity index (χ1) is 9.48. The van der Waals surface area contributed by atoms with E-state index in [4.69, 9.17) is 11.6 Å². The van der Waals surface area contributed by atoms with Crippen molar-refractivity contribution in [2.24, 2.45) is 0 Å². The molecule has 0 atom stereocenters. The van der Waals surface area contributed by atoms with E-state index in [-0.39, 0.29) is 4.90 Å². The molecule has 0 aliphatic carbocycles. The van der Waals surface area contributed by atoms with Crippen LogP contribution in [0.1, 0.15) is 11.4 Å². The van der Waals surface area contributed by atoms with E-state index in [0.717, 1.165) is 11.4 Å². The molecule has 2 heterocycles. The van der Waals surface area contributed by atoms with Crippen LogP contribution in [0.4, 0.5) is 0 Å². The SMILES string of the molecule is Cc1ccc(S(=O)(=O)N2CCn3ccnc3C2)cc1Cl. The molecule has 20 heavy (non-hydrogen) atoms. The Morgan fingerprint density at radius 3 is 2.85 bits per heavy atom. The number of hydrogen-bond donors (Lipinski definition) is 0. The van der Waals surface area contributed by atoms with Gasteiger partial charge in [-0.2, -0.15) is 4.31 Å². The fraction of sp³-hybridized carbons (Fsp3) is 0.308. The highest BCUT2D eigenvalue weighted by Crippen LogP contribution is 2.25. The number of imidazole rings is 1. The second-order valence-corrected chi connectivity index (χ2v) is 7.13. The Labute approximate surface area is 122 Å². The lowest BCUT2D eigenvalue weighted by atomic mass is 10.2. The number of aryl methyl sites for hydroxylation is 1. The van der Waals surface area contributed by atoms with Gasteiger partial charge in [0.15, 0.2) is 0 Å². The Morgan fingerprint density at radius 2 is 2.10 bits per heavy atom. The highest BCUT2D eigenvalue weighted by molar-refractivity contribution is 7.89. The number of rotatable bonds is 2. The zero-order valence-electron chi connectivity index (χ0n) is 11.0. The monoisotopic (exact) mass is 311 g/mol. The second kappa shape index (κ2) is 4.87. The van der Waals surface area contributed by atoms with Crippen LogP contribution in [0.5, 0.6) is 0 Å². The summed E-state index contributed by atoms with van der Waals surface area (Å²) in [5.74, 6) is 0.762. The van der Waals surface area contributed by atoms with E-state index in [2.05, 4.69) is 4.98 Å². The summed E-state index contributed by atoms with van der Waals surface area (Å²) in [5, 5.41) is 0.463. The molecule has 0 fully saturated rings. The molecule has 0 amide bonds. The predicted octanol–water partition coefficient (Wildman–Crippen LogP) is 2.05. The van der Waals surface area contributed by atoms with Gasteiger partial charge in [0.2, 0.25) is 10.0 Å². The van der Waals surface area contributed by atoms with E-state index in [9.17, 15) is 8.42 Å².